The van der Waals surface area contributed by atoms with Crippen molar-refractivity contribution in [1.82, 2.24) is 0 Å². The van der Waals surface area contributed by atoms with Crippen molar-refractivity contribution in [3.05, 3.63) is 77.6 Å². The van der Waals surface area contributed by atoms with E-state index in [0.717, 1.165) is 12.1 Å². The van der Waals surface area contributed by atoms with Crippen molar-refractivity contribution in [2.45, 2.75) is 6.54 Å². The number of carbonyl (C=O) groups is 1. The summed E-state index contributed by atoms with van der Waals surface area (Å²) in [6, 6.07) is 12.2. The van der Waals surface area contributed by atoms with E-state index < -0.39 is 41.5 Å². The van der Waals surface area contributed by atoms with Crippen molar-refractivity contribution in [2.24, 2.45) is 0 Å². The molecule has 3 rings (SSSR count). The van der Waals surface area contributed by atoms with Gasteiger partial charge in [0.25, 0.3) is 0 Å². The smallest absolute Gasteiger partial charge is 0.341 e. The van der Waals surface area contributed by atoms with Crippen LogP contribution >= 0.6 is 0 Å². The average Bonchev–Trinajstić information content (AvgIpc) is 2.66. The van der Waals surface area contributed by atoms with Gasteiger partial charge in [0.1, 0.15) is 23.1 Å². The van der Waals surface area contributed by atoms with Crippen LogP contribution in [-0.4, -0.2) is 22.8 Å². The minimum atomic E-state index is -1.30. The first kappa shape index (κ1) is 20.1. The van der Waals surface area contributed by atoms with Gasteiger partial charge < -0.3 is 20.3 Å². The summed E-state index contributed by atoms with van der Waals surface area (Å²) in [6.07, 6.45) is 0. The summed E-state index contributed by atoms with van der Waals surface area (Å²) < 4.78 is 46.7. The molecule has 3 aromatic carbocycles. The van der Waals surface area contributed by atoms with Crippen molar-refractivity contribution >= 4 is 11.7 Å². The third-order valence-corrected chi connectivity index (χ3v) is 4.01. The second kappa shape index (κ2) is 8.55. The van der Waals surface area contributed by atoms with Gasteiger partial charge in [0, 0.05) is 6.54 Å². The van der Waals surface area contributed by atoms with Gasteiger partial charge in [-0.25, -0.2) is 18.0 Å². The Labute approximate surface area is 164 Å². The highest BCUT2D eigenvalue weighted by Crippen LogP contribution is 2.30. The zero-order valence-electron chi connectivity index (χ0n) is 15.0. The number of hydrogen-bond acceptors (Lipinski definition) is 4. The predicted molar refractivity (Wildman–Crippen MR) is 100 cm³/mol. The summed E-state index contributed by atoms with van der Waals surface area (Å²) in [6.45, 7) is -0.835. The number of phenolic OH excluding ortho intramolecular Hbond substituents is 1. The molecule has 0 saturated heterocycles. The van der Waals surface area contributed by atoms with Crippen LogP contribution < -0.4 is 10.1 Å². The van der Waals surface area contributed by atoms with Crippen LogP contribution in [0.25, 0.3) is 11.1 Å². The fourth-order valence-electron chi connectivity index (χ4n) is 2.75. The van der Waals surface area contributed by atoms with E-state index in [1.807, 2.05) is 0 Å². The second-order valence-electron chi connectivity index (χ2n) is 6.17. The lowest BCUT2D eigenvalue weighted by molar-refractivity contribution is -0.139. The molecular formula is C21H16F3NO4. The highest BCUT2D eigenvalue weighted by atomic mass is 19.1. The number of phenols is 1. The normalized spacial score (nSPS) is 10.6. The van der Waals surface area contributed by atoms with Gasteiger partial charge in [-0.15, -0.1) is 0 Å². The van der Waals surface area contributed by atoms with E-state index >= 15 is 0 Å². The van der Waals surface area contributed by atoms with E-state index in [2.05, 4.69) is 5.32 Å². The maximum Gasteiger partial charge on any atom is 0.341 e. The third kappa shape index (κ3) is 4.98. The molecule has 0 heterocycles. The molecule has 3 aromatic rings. The number of anilines is 1. The van der Waals surface area contributed by atoms with Gasteiger partial charge in [-0.1, -0.05) is 12.1 Å². The van der Waals surface area contributed by atoms with Gasteiger partial charge >= 0.3 is 5.97 Å². The van der Waals surface area contributed by atoms with Crippen LogP contribution in [-0.2, 0) is 11.3 Å². The molecule has 0 aliphatic carbocycles. The number of carboxylic acid groups (broad SMARTS) is 1. The van der Waals surface area contributed by atoms with Crippen molar-refractivity contribution in [1.29, 1.82) is 0 Å². The van der Waals surface area contributed by atoms with E-state index in [4.69, 9.17) is 9.84 Å². The molecule has 0 aromatic heterocycles. The number of nitrogens with one attached hydrogen (secondary N) is 1. The van der Waals surface area contributed by atoms with Crippen LogP contribution in [0, 0.1) is 17.5 Å². The van der Waals surface area contributed by atoms with Crippen molar-refractivity contribution in [2.75, 3.05) is 11.9 Å². The molecular weight excluding hydrogens is 387 g/mol. The lowest BCUT2D eigenvalue weighted by Crippen LogP contribution is -2.11. The Bertz CT molecular complexity index is 1060. The van der Waals surface area contributed by atoms with Gasteiger partial charge in [0.15, 0.2) is 18.2 Å². The summed E-state index contributed by atoms with van der Waals surface area (Å²) in [4.78, 5) is 10.6. The summed E-state index contributed by atoms with van der Waals surface area (Å²) in [5, 5.41) is 21.2. The largest absolute Gasteiger partial charge is 0.508 e. The summed E-state index contributed by atoms with van der Waals surface area (Å²) in [5.41, 5.74) is 1.05. The number of benzene rings is 3. The second-order valence-corrected chi connectivity index (χ2v) is 6.17. The number of halogens is 3. The summed E-state index contributed by atoms with van der Waals surface area (Å²) in [7, 11) is 0. The Morgan fingerprint density at radius 1 is 1.00 bits per heavy atom. The molecule has 0 aliphatic heterocycles. The molecule has 0 amide bonds. The average molecular weight is 403 g/mol. The molecule has 0 radical (unpaired) electrons. The molecule has 0 aliphatic rings. The number of carboxylic acids is 1. The highest BCUT2D eigenvalue weighted by Gasteiger charge is 2.16. The Kier molecular flexibility index (Phi) is 5.92. The fraction of sp³-hybridized carbons (Fsp3) is 0.0952. The van der Waals surface area contributed by atoms with Crippen molar-refractivity contribution in [3.63, 3.8) is 0 Å². The van der Waals surface area contributed by atoms with E-state index in [1.165, 1.54) is 30.3 Å². The van der Waals surface area contributed by atoms with Gasteiger partial charge in [0.05, 0.1) is 0 Å². The lowest BCUT2D eigenvalue weighted by Gasteiger charge is -2.13. The Balaban J connectivity index is 1.83. The standard InChI is InChI=1S/C21H16F3NO4/c22-15-3-1-2-13(8-15)14-6-12(7-16(26)9-14)10-25-21-17(23)4-5-18(20(21)24)29-11-19(27)28/h1-9,25-26H,10-11H2,(H,27,28). The van der Waals surface area contributed by atoms with Crippen LogP contribution in [0.4, 0.5) is 18.9 Å². The van der Waals surface area contributed by atoms with Gasteiger partial charge in [0.2, 0.25) is 0 Å². The van der Waals surface area contributed by atoms with Gasteiger partial charge in [-0.2, -0.15) is 0 Å². The molecule has 29 heavy (non-hydrogen) atoms. The van der Waals surface area contributed by atoms with Crippen LogP contribution in [0.5, 0.6) is 11.5 Å². The maximum atomic E-state index is 14.4. The van der Waals surface area contributed by atoms with Crippen LogP contribution in [0.3, 0.4) is 0 Å². The SMILES string of the molecule is O=C(O)COc1ccc(F)c(NCc2cc(O)cc(-c3cccc(F)c3)c2)c1F. The molecule has 0 saturated carbocycles. The first-order valence-corrected chi connectivity index (χ1v) is 8.49. The minimum Gasteiger partial charge on any atom is -0.508 e. The zero-order chi connectivity index (χ0) is 21.0. The summed E-state index contributed by atoms with van der Waals surface area (Å²) >= 11 is 0. The van der Waals surface area contributed by atoms with E-state index in [-0.39, 0.29) is 12.3 Å². The highest BCUT2D eigenvalue weighted by molar-refractivity contribution is 5.69. The van der Waals surface area contributed by atoms with Crippen LogP contribution in [0.2, 0.25) is 0 Å². The predicted octanol–water partition coefficient (Wildman–Crippen LogP) is 4.55. The quantitative estimate of drug-likeness (QED) is 0.539. The maximum absolute atomic E-state index is 14.4. The summed E-state index contributed by atoms with van der Waals surface area (Å²) in [5.74, 6) is -4.20. The number of aromatic hydroxyl groups is 1. The topological polar surface area (TPSA) is 78.8 Å². The number of ether oxygens (including phenoxy) is 1. The molecule has 0 bridgehead atoms. The number of hydrogen-bond donors (Lipinski definition) is 3. The Morgan fingerprint density at radius 3 is 2.52 bits per heavy atom. The van der Waals surface area contributed by atoms with Gasteiger partial charge in [-0.05, 0) is 59.2 Å². The molecule has 8 heteroatoms. The van der Waals surface area contributed by atoms with Crippen LogP contribution in [0.15, 0.2) is 54.6 Å². The van der Waals surface area contributed by atoms with Crippen molar-refractivity contribution in [3.8, 4) is 22.6 Å². The monoisotopic (exact) mass is 403 g/mol. The minimum absolute atomic E-state index is 0.0626. The van der Waals surface area contributed by atoms with Crippen LogP contribution in [0.1, 0.15) is 5.56 Å². The molecule has 0 atom stereocenters. The first-order valence-electron chi connectivity index (χ1n) is 8.49. The number of rotatable bonds is 7. The lowest BCUT2D eigenvalue weighted by atomic mass is 10.0. The molecule has 0 fully saturated rings. The third-order valence-electron chi connectivity index (χ3n) is 4.01. The fourth-order valence-corrected chi connectivity index (χ4v) is 2.75. The molecule has 0 spiro atoms. The Hall–Kier alpha value is -3.68. The van der Waals surface area contributed by atoms with E-state index in [9.17, 15) is 23.1 Å². The van der Waals surface area contributed by atoms with E-state index in [0.29, 0.717) is 16.7 Å². The van der Waals surface area contributed by atoms with E-state index in [1.54, 1.807) is 12.1 Å². The Morgan fingerprint density at radius 2 is 1.79 bits per heavy atom. The number of aliphatic carboxylic acids is 1. The molecule has 0 unspecified atom stereocenters. The van der Waals surface area contributed by atoms with Crippen molar-refractivity contribution < 1.29 is 32.9 Å². The zero-order valence-corrected chi connectivity index (χ0v) is 15.0. The first-order chi connectivity index (χ1) is 13.8. The molecule has 150 valence electrons. The van der Waals surface area contributed by atoms with Gasteiger partial charge in [-0.3, -0.25) is 0 Å². The molecule has 3 N–H and O–H groups in total. The molecule has 5 nitrogen and oxygen atoms in total.